The first-order valence-corrected chi connectivity index (χ1v) is 4.72. The second kappa shape index (κ2) is 3.29. The molecule has 14 heavy (non-hydrogen) atoms. The highest BCUT2D eigenvalue weighted by atomic mass is 15.1. The van der Waals surface area contributed by atoms with Crippen molar-refractivity contribution in [2.75, 3.05) is 19.0 Å². The molecule has 72 valence electrons. The Bertz CT molecular complexity index is 461. The van der Waals surface area contributed by atoms with Gasteiger partial charge < -0.3 is 4.90 Å². The first-order valence-electron chi connectivity index (χ1n) is 4.72. The summed E-state index contributed by atoms with van der Waals surface area (Å²) in [7, 11) is 4.04. The lowest BCUT2D eigenvalue weighted by Gasteiger charge is -2.14. The number of pyridine rings is 1. The molecule has 0 atom stereocenters. The highest BCUT2D eigenvalue weighted by Crippen LogP contribution is 2.24. The van der Waals surface area contributed by atoms with E-state index in [1.54, 1.807) is 0 Å². The van der Waals surface area contributed by atoms with Crippen LogP contribution in [0.4, 0.5) is 5.82 Å². The zero-order valence-corrected chi connectivity index (χ0v) is 8.78. The lowest BCUT2D eigenvalue weighted by atomic mass is 10.1. The highest BCUT2D eigenvalue weighted by molar-refractivity contribution is 5.94. The van der Waals surface area contributed by atoms with Crippen molar-refractivity contribution in [3.8, 4) is 0 Å². The number of anilines is 1. The molecular weight excluding hydrogens is 172 g/mol. The van der Waals surface area contributed by atoms with Crippen LogP contribution in [-0.2, 0) is 0 Å². The van der Waals surface area contributed by atoms with Crippen molar-refractivity contribution in [2.24, 2.45) is 0 Å². The molecule has 2 rings (SSSR count). The van der Waals surface area contributed by atoms with E-state index in [0.29, 0.717) is 0 Å². The Morgan fingerprint density at radius 2 is 1.86 bits per heavy atom. The Kier molecular flexibility index (Phi) is 2.12. The highest BCUT2D eigenvalue weighted by Gasteiger charge is 2.04. The van der Waals surface area contributed by atoms with Gasteiger partial charge in [0, 0.05) is 25.7 Å². The fourth-order valence-electron chi connectivity index (χ4n) is 1.71. The molecule has 0 spiro atoms. The van der Waals surface area contributed by atoms with Crippen LogP contribution in [0.1, 0.15) is 5.56 Å². The molecule has 2 aromatic rings. The summed E-state index contributed by atoms with van der Waals surface area (Å²) in [6.07, 6.45) is 1.87. The number of rotatable bonds is 1. The van der Waals surface area contributed by atoms with Crippen LogP contribution < -0.4 is 4.90 Å². The Hall–Kier alpha value is -1.57. The van der Waals surface area contributed by atoms with E-state index in [-0.39, 0.29) is 0 Å². The monoisotopic (exact) mass is 186 g/mol. The molecule has 0 fully saturated rings. The number of hydrogen-bond acceptors (Lipinski definition) is 2. The molecule has 0 N–H and O–H groups in total. The quantitative estimate of drug-likeness (QED) is 0.680. The molecule has 1 aromatic heterocycles. The van der Waals surface area contributed by atoms with Gasteiger partial charge in [-0.15, -0.1) is 0 Å². The molecule has 0 amide bonds. The zero-order chi connectivity index (χ0) is 10.1. The first-order chi connectivity index (χ1) is 6.70. The minimum absolute atomic E-state index is 1.03. The normalized spacial score (nSPS) is 10.5. The van der Waals surface area contributed by atoms with Gasteiger partial charge in [-0.25, -0.2) is 4.98 Å². The van der Waals surface area contributed by atoms with Crippen LogP contribution >= 0.6 is 0 Å². The SMILES string of the molecule is Cc1cccc2c(N(C)C)nccc12. The van der Waals surface area contributed by atoms with E-state index in [4.69, 9.17) is 0 Å². The number of hydrogen-bond donors (Lipinski definition) is 0. The van der Waals surface area contributed by atoms with Crippen molar-refractivity contribution < 1.29 is 0 Å². The van der Waals surface area contributed by atoms with E-state index in [1.807, 2.05) is 25.2 Å². The summed E-state index contributed by atoms with van der Waals surface area (Å²) in [6, 6.07) is 8.39. The van der Waals surface area contributed by atoms with Gasteiger partial charge in [-0.05, 0) is 23.9 Å². The summed E-state index contributed by atoms with van der Waals surface area (Å²) in [6.45, 7) is 2.13. The molecule has 2 nitrogen and oxygen atoms in total. The second-order valence-electron chi connectivity index (χ2n) is 3.70. The van der Waals surface area contributed by atoms with Crippen LogP contribution in [0.15, 0.2) is 30.5 Å². The first kappa shape index (κ1) is 9.00. The molecule has 0 saturated carbocycles. The van der Waals surface area contributed by atoms with Crippen molar-refractivity contribution in [2.45, 2.75) is 6.92 Å². The van der Waals surface area contributed by atoms with E-state index in [9.17, 15) is 0 Å². The molecule has 0 unspecified atom stereocenters. The average molecular weight is 186 g/mol. The second-order valence-corrected chi connectivity index (χ2v) is 3.70. The van der Waals surface area contributed by atoms with Gasteiger partial charge in [-0.3, -0.25) is 0 Å². The number of fused-ring (bicyclic) bond motifs is 1. The van der Waals surface area contributed by atoms with Crippen molar-refractivity contribution in [1.29, 1.82) is 0 Å². The van der Waals surface area contributed by atoms with Gasteiger partial charge in [0.2, 0.25) is 0 Å². The Morgan fingerprint density at radius 1 is 1.07 bits per heavy atom. The third-order valence-corrected chi connectivity index (χ3v) is 2.43. The van der Waals surface area contributed by atoms with Crippen LogP contribution in [0, 0.1) is 6.92 Å². The van der Waals surface area contributed by atoms with Crippen molar-refractivity contribution in [3.05, 3.63) is 36.0 Å². The van der Waals surface area contributed by atoms with Crippen LogP contribution in [0.3, 0.4) is 0 Å². The number of benzene rings is 1. The van der Waals surface area contributed by atoms with Gasteiger partial charge in [-0.1, -0.05) is 18.2 Å². The van der Waals surface area contributed by atoms with E-state index in [0.717, 1.165) is 5.82 Å². The predicted molar refractivity (Wildman–Crippen MR) is 60.8 cm³/mol. The number of nitrogens with zero attached hydrogens (tertiary/aromatic N) is 2. The van der Waals surface area contributed by atoms with Crippen LogP contribution in [0.5, 0.6) is 0 Å². The smallest absolute Gasteiger partial charge is 0.135 e. The van der Waals surface area contributed by atoms with Crippen molar-refractivity contribution >= 4 is 16.6 Å². The van der Waals surface area contributed by atoms with Gasteiger partial charge in [0.1, 0.15) is 5.82 Å². The summed E-state index contributed by atoms with van der Waals surface area (Å²) >= 11 is 0. The average Bonchev–Trinajstić information content (AvgIpc) is 2.17. The van der Waals surface area contributed by atoms with Crippen LogP contribution in [0.25, 0.3) is 10.8 Å². The van der Waals surface area contributed by atoms with E-state index in [1.165, 1.54) is 16.3 Å². The summed E-state index contributed by atoms with van der Waals surface area (Å²) in [5.74, 6) is 1.03. The fraction of sp³-hybridized carbons (Fsp3) is 0.250. The largest absolute Gasteiger partial charge is 0.362 e. The van der Waals surface area contributed by atoms with Crippen molar-refractivity contribution in [1.82, 2.24) is 4.98 Å². The molecule has 0 bridgehead atoms. The van der Waals surface area contributed by atoms with Gasteiger partial charge in [-0.2, -0.15) is 0 Å². The lowest BCUT2D eigenvalue weighted by molar-refractivity contribution is 1.08. The minimum Gasteiger partial charge on any atom is -0.362 e. The summed E-state index contributed by atoms with van der Waals surface area (Å²) < 4.78 is 0. The topological polar surface area (TPSA) is 16.1 Å². The molecule has 0 aliphatic heterocycles. The van der Waals surface area contributed by atoms with E-state index in [2.05, 4.69) is 36.2 Å². The number of aryl methyl sites for hydroxylation is 1. The molecule has 0 radical (unpaired) electrons. The summed E-state index contributed by atoms with van der Waals surface area (Å²) in [5.41, 5.74) is 1.30. The maximum Gasteiger partial charge on any atom is 0.135 e. The Balaban J connectivity index is 2.81. The van der Waals surface area contributed by atoms with Crippen LogP contribution in [-0.4, -0.2) is 19.1 Å². The molecule has 2 heteroatoms. The molecule has 0 saturated heterocycles. The minimum atomic E-state index is 1.03. The predicted octanol–water partition coefficient (Wildman–Crippen LogP) is 2.61. The molecule has 0 aliphatic rings. The standard InChI is InChI=1S/C12H14N2/c1-9-5-4-6-11-10(9)7-8-13-12(11)14(2)3/h4-8H,1-3H3. The maximum absolute atomic E-state index is 4.37. The summed E-state index contributed by atoms with van der Waals surface area (Å²) in [4.78, 5) is 6.42. The van der Waals surface area contributed by atoms with Crippen LogP contribution in [0.2, 0.25) is 0 Å². The third-order valence-electron chi connectivity index (χ3n) is 2.43. The van der Waals surface area contributed by atoms with Crippen molar-refractivity contribution in [3.63, 3.8) is 0 Å². The van der Waals surface area contributed by atoms with Gasteiger partial charge in [0.15, 0.2) is 0 Å². The van der Waals surface area contributed by atoms with Gasteiger partial charge >= 0.3 is 0 Å². The maximum atomic E-state index is 4.37. The zero-order valence-electron chi connectivity index (χ0n) is 8.78. The molecule has 1 heterocycles. The summed E-state index contributed by atoms with van der Waals surface area (Å²) in [5, 5.41) is 2.50. The Morgan fingerprint density at radius 3 is 2.57 bits per heavy atom. The fourth-order valence-corrected chi connectivity index (χ4v) is 1.71. The Labute approximate surface area is 84.2 Å². The molecule has 1 aromatic carbocycles. The molecular formula is C12H14N2. The van der Waals surface area contributed by atoms with Gasteiger partial charge in [0.05, 0.1) is 0 Å². The number of aromatic nitrogens is 1. The van der Waals surface area contributed by atoms with E-state index >= 15 is 0 Å². The lowest BCUT2D eigenvalue weighted by Crippen LogP contribution is -2.10. The van der Waals surface area contributed by atoms with Gasteiger partial charge in [0.25, 0.3) is 0 Å². The molecule has 0 aliphatic carbocycles. The third kappa shape index (κ3) is 1.33. The van der Waals surface area contributed by atoms with E-state index < -0.39 is 0 Å².